The van der Waals surface area contributed by atoms with Gasteiger partial charge in [-0.25, -0.2) is 4.98 Å². The zero-order valence-corrected chi connectivity index (χ0v) is 11.2. The molecule has 0 fully saturated rings. The molecule has 0 aromatic carbocycles. The summed E-state index contributed by atoms with van der Waals surface area (Å²) in [5, 5.41) is 3.48. The van der Waals surface area contributed by atoms with Crippen molar-refractivity contribution >= 4 is 0 Å². The summed E-state index contributed by atoms with van der Waals surface area (Å²) in [6.07, 6.45) is 13.6. The van der Waals surface area contributed by atoms with Crippen molar-refractivity contribution in [1.82, 2.24) is 14.9 Å². The minimum absolute atomic E-state index is 0.0131. The zero-order valence-electron chi connectivity index (χ0n) is 11.2. The molecule has 100 valence electrons. The van der Waals surface area contributed by atoms with E-state index in [1.54, 1.807) is 12.5 Å². The van der Waals surface area contributed by atoms with Gasteiger partial charge in [0, 0.05) is 25.9 Å². The van der Waals surface area contributed by atoms with Crippen molar-refractivity contribution in [2.45, 2.75) is 25.3 Å². The molecule has 0 radical (unpaired) electrons. The minimum atomic E-state index is -0.0131. The maximum atomic E-state index is 5.50. The highest BCUT2D eigenvalue weighted by Crippen LogP contribution is 2.20. The molecule has 0 amide bonds. The van der Waals surface area contributed by atoms with Gasteiger partial charge in [0.2, 0.25) is 0 Å². The second-order valence-corrected chi connectivity index (χ2v) is 4.46. The maximum absolute atomic E-state index is 5.50. The molecule has 0 saturated carbocycles. The zero-order chi connectivity index (χ0) is 13.5. The molecule has 1 N–H and O–H groups in total. The second-order valence-electron chi connectivity index (χ2n) is 4.46. The van der Waals surface area contributed by atoms with Gasteiger partial charge < -0.3 is 14.3 Å². The Morgan fingerprint density at radius 3 is 3.05 bits per heavy atom. The number of terminal acetylenes is 1. The number of hydrogen-bond acceptors (Lipinski definition) is 3. The van der Waals surface area contributed by atoms with Gasteiger partial charge in [-0.05, 0) is 31.5 Å². The standard InChI is InChI=1S/C15H19N3O/c1-3-4-5-6-9-16-14(13-8-7-12-19-13)15-17-10-11-18(15)2/h1,7-8,10-12,14,16H,4-6,9H2,2H3. The van der Waals surface area contributed by atoms with Crippen LogP contribution < -0.4 is 5.32 Å². The third-order valence-electron chi connectivity index (χ3n) is 3.04. The summed E-state index contributed by atoms with van der Waals surface area (Å²) in [5.41, 5.74) is 0. The number of aromatic nitrogens is 2. The monoisotopic (exact) mass is 257 g/mol. The van der Waals surface area contributed by atoms with E-state index in [1.165, 1.54) is 0 Å². The molecule has 1 unspecified atom stereocenters. The predicted molar refractivity (Wildman–Crippen MR) is 74.4 cm³/mol. The number of nitrogens with zero attached hydrogens (tertiary/aromatic N) is 2. The number of nitrogens with one attached hydrogen (secondary N) is 1. The van der Waals surface area contributed by atoms with Gasteiger partial charge in [0.1, 0.15) is 17.6 Å². The van der Waals surface area contributed by atoms with Crippen LogP contribution >= 0.6 is 0 Å². The van der Waals surface area contributed by atoms with E-state index < -0.39 is 0 Å². The van der Waals surface area contributed by atoms with E-state index in [4.69, 9.17) is 10.8 Å². The molecule has 2 heterocycles. The van der Waals surface area contributed by atoms with Crippen LogP contribution in [0.25, 0.3) is 0 Å². The predicted octanol–water partition coefficient (Wildman–Crippen LogP) is 2.50. The minimum Gasteiger partial charge on any atom is -0.467 e. The van der Waals surface area contributed by atoms with E-state index in [2.05, 4.69) is 16.2 Å². The smallest absolute Gasteiger partial charge is 0.133 e. The van der Waals surface area contributed by atoms with Crippen LogP contribution in [0.3, 0.4) is 0 Å². The summed E-state index contributed by atoms with van der Waals surface area (Å²) >= 11 is 0. The quantitative estimate of drug-likeness (QED) is 0.612. The fraction of sp³-hybridized carbons (Fsp3) is 0.400. The Labute approximate surface area is 113 Å². The van der Waals surface area contributed by atoms with Gasteiger partial charge in [0.15, 0.2) is 0 Å². The Morgan fingerprint density at radius 1 is 1.53 bits per heavy atom. The van der Waals surface area contributed by atoms with Gasteiger partial charge in [0.05, 0.1) is 6.26 Å². The fourth-order valence-electron chi connectivity index (χ4n) is 2.03. The molecule has 0 aliphatic rings. The maximum Gasteiger partial charge on any atom is 0.133 e. The Bertz CT molecular complexity index is 522. The molecule has 19 heavy (non-hydrogen) atoms. The summed E-state index contributed by atoms with van der Waals surface area (Å²) in [7, 11) is 1.98. The highest BCUT2D eigenvalue weighted by molar-refractivity contribution is 5.15. The summed E-state index contributed by atoms with van der Waals surface area (Å²) in [6.45, 7) is 0.889. The van der Waals surface area contributed by atoms with Crippen LogP contribution in [-0.2, 0) is 7.05 Å². The molecule has 2 rings (SSSR count). The largest absolute Gasteiger partial charge is 0.467 e. The third-order valence-corrected chi connectivity index (χ3v) is 3.04. The fourth-order valence-corrected chi connectivity index (χ4v) is 2.03. The van der Waals surface area contributed by atoms with Crippen LogP contribution in [0.2, 0.25) is 0 Å². The van der Waals surface area contributed by atoms with E-state index in [0.29, 0.717) is 0 Å². The highest BCUT2D eigenvalue weighted by atomic mass is 16.3. The summed E-state index contributed by atoms with van der Waals surface area (Å²) < 4.78 is 7.51. The molecule has 0 bridgehead atoms. The number of furan rings is 1. The number of aryl methyl sites for hydroxylation is 1. The average molecular weight is 257 g/mol. The first kappa shape index (κ1) is 13.4. The third kappa shape index (κ3) is 3.49. The highest BCUT2D eigenvalue weighted by Gasteiger charge is 2.19. The molecular weight excluding hydrogens is 238 g/mol. The molecule has 0 aliphatic carbocycles. The van der Waals surface area contributed by atoms with Crippen molar-refractivity contribution in [3.05, 3.63) is 42.4 Å². The Balaban J connectivity index is 2.01. The number of hydrogen-bond donors (Lipinski definition) is 1. The van der Waals surface area contributed by atoms with Crippen LogP contribution in [-0.4, -0.2) is 16.1 Å². The topological polar surface area (TPSA) is 43.0 Å². The van der Waals surface area contributed by atoms with Crippen molar-refractivity contribution in [1.29, 1.82) is 0 Å². The van der Waals surface area contributed by atoms with Crippen molar-refractivity contribution in [3.8, 4) is 12.3 Å². The SMILES string of the molecule is C#CCCCCNC(c1ccco1)c1nccn1C. The lowest BCUT2D eigenvalue weighted by atomic mass is 10.2. The molecule has 0 saturated heterocycles. The van der Waals surface area contributed by atoms with Crippen molar-refractivity contribution in [2.24, 2.45) is 7.05 Å². The van der Waals surface area contributed by atoms with E-state index in [9.17, 15) is 0 Å². The van der Waals surface area contributed by atoms with Crippen molar-refractivity contribution in [3.63, 3.8) is 0 Å². The van der Waals surface area contributed by atoms with Crippen LogP contribution in [0, 0.1) is 12.3 Å². The lowest BCUT2D eigenvalue weighted by Crippen LogP contribution is -2.25. The molecule has 4 nitrogen and oxygen atoms in total. The summed E-state index contributed by atoms with van der Waals surface area (Å²) in [4.78, 5) is 4.40. The molecule has 2 aromatic heterocycles. The number of unbranched alkanes of at least 4 members (excludes halogenated alkanes) is 2. The molecular formula is C15H19N3O. The van der Waals surface area contributed by atoms with Crippen molar-refractivity contribution in [2.75, 3.05) is 6.54 Å². The first-order valence-electron chi connectivity index (χ1n) is 6.50. The van der Waals surface area contributed by atoms with Gasteiger partial charge in [0.25, 0.3) is 0 Å². The van der Waals surface area contributed by atoms with Crippen LogP contribution in [0.15, 0.2) is 35.2 Å². The first-order valence-corrected chi connectivity index (χ1v) is 6.50. The normalized spacial score (nSPS) is 12.2. The number of rotatable bonds is 7. The Kier molecular flexibility index (Phi) is 4.82. The van der Waals surface area contributed by atoms with E-state index in [0.717, 1.165) is 37.4 Å². The van der Waals surface area contributed by atoms with Gasteiger partial charge in [-0.3, -0.25) is 0 Å². The lowest BCUT2D eigenvalue weighted by Gasteiger charge is -2.16. The molecule has 0 spiro atoms. The molecule has 2 aromatic rings. The first-order chi connectivity index (χ1) is 9.33. The Morgan fingerprint density at radius 2 is 2.42 bits per heavy atom. The average Bonchev–Trinajstić information content (AvgIpc) is 3.06. The van der Waals surface area contributed by atoms with Crippen LogP contribution in [0.1, 0.15) is 36.9 Å². The second kappa shape index (κ2) is 6.81. The van der Waals surface area contributed by atoms with Gasteiger partial charge in [-0.2, -0.15) is 0 Å². The van der Waals surface area contributed by atoms with Crippen molar-refractivity contribution < 1.29 is 4.42 Å². The van der Waals surface area contributed by atoms with Gasteiger partial charge >= 0.3 is 0 Å². The van der Waals surface area contributed by atoms with E-state index in [1.807, 2.05) is 29.9 Å². The molecule has 1 atom stereocenters. The lowest BCUT2D eigenvalue weighted by molar-refractivity contribution is 0.426. The molecule has 4 heteroatoms. The summed E-state index contributed by atoms with van der Waals surface area (Å²) in [5.74, 6) is 4.49. The van der Waals surface area contributed by atoms with Crippen LogP contribution in [0.5, 0.6) is 0 Å². The molecule has 0 aliphatic heterocycles. The van der Waals surface area contributed by atoms with Gasteiger partial charge in [-0.1, -0.05) is 0 Å². The van der Waals surface area contributed by atoms with E-state index in [-0.39, 0.29) is 6.04 Å². The van der Waals surface area contributed by atoms with Gasteiger partial charge in [-0.15, -0.1) is 12.3 Å². The van der Waals surface area contributed by atoms with Crippen LogP contribution in [0.4, 0.5) is 0 Å². The van der Waals surface area contributed by atoms with E-state index >= 15 is 0 Å². The Hall–Kier alpha value is -1.99. The number of imidazole rings is 1. The summed E-state index contributed by atoms with van der Waals surface area (Å²) in [6, 6.07) is 3.85.